The summed E-state index contributed by atoms with van der Waals surface area (Å²) in [6, 6.07) is 5.62. The van der Waals surface area contributed by atoms with Crippen molar-refractivity contribution in [2.45, 2.75) is 13.5 Å². The maximum absolute atomic E-state index is 10.1. The number of ether oxygens (including phenoxy) is 1. The Hall–Kier alpha value is -1.30. The first-order valence-corrected chi connectivity index (χ1v) is 6.81. The van der Waals surface area contributed by atoms with E-state index in [1.54, 1.807) is 6.07 Å². The maximum Gasteiger partial charge on any atom is 0.162 e. The van der Waals surface area contributed by atoms with Crippen LogP contribution in [0.25, 0.3) is 0 Å². The molecule has 1 aliphatic heterocycles. The second kappa shape index (κ2) is 6.75. The third kappa shape index (κ3) is 3.83. The number of rotatable bonds is 5. The Labute approximate surface area is 114 Å². The van der Waals surface area contributed by atoms with E-state index >= 15 is 0 Å². The Kier molecular flexibility index (Phi) is 5.01. The largest absolute Gasteiger partial charge is 0.504 e. The molecule has 0 amide bonds. The van der Waals surface area contributed by atoms with Gasteiger partial charge in [0.05, 0.1) is 6.61 Å². The second-order valence-corrected chi connectivity index (χ2v) is 4.82. The van der Waals surface area contributed by atoms with E-state index in [-0.39, 0.29) is 5.75 Å². The van der Waals surface area contributed by atoms with Gasteiger partial charge in [-0.2, -0.15) is 0 Å². The zero-order valence-electron chi connectivity index (χ0n) is 11.7. The fraction of sp³-hybridized carbons (Fsp3) is 0.571. The summed E-state index contributed by atoms with van der Waals surface area (Å²) in [6.45, 7) is 7.23. The van der Waals surface area contributed by atoms with E-state index in [0.29, 0.717) is 18.9 Å². The quantitative estimate of drug-likeness (QED) is 0.833. The molecular weight excluding hydrogens is 242 g/mol. The van der Waals surface area contributed by atoms with Gasteiger partial charge in [0.1, 0.15) is 0 Å². The number of hydrogen-bond acceptors (Lipinski definition) is 5. The number of piperazine rings is 1. The van der Waals surface area contributed by atoms with E-state index in [4.69, 9.17) is 4.74 Å². The highest BCUT2D eigenvalue weighted by Crippen LogP contribution is 2.29. The lowest BCUT2D eigenvalue weighted by molar-refractivity contribution is 0.102. The lowest BCUT2D eigenvalue weighted by Gasteiger charge is -2.32. The van der Waals surface area contributed by atoms with Gasteiger partial charge in [0.15, 0.2) is 11.5 Å². The fourth-order valence-corrected chi connectivity index (χ4v) is 2.14. The van der Waals surface area contributed by atoms with Crippen molar-refractivity contribution in [2.24, 2.45) is 0 Å². The van der Waals surface area contributed by atoms with Crippen LogP contribution >= 0.6 is 0 Å². The van der Waals surface area contributed by atoms with Crippen LogP contribution in [-0.2, 0) is 6.54 Å². The van der Waals surface area contributed by atoms with Crippen LogP contribution in [0.15, 0.2) is 18.2 Å². The molecule has 5 heteroatoms. The minimum Gasteiger partial charge on any atom is -0.504 e. The standard InChI is InChI=1S/C14H23N3O2/c1-3-19-13-6-4-5-12(14(13)18)11-15-17-9-7-16(2)8-10-17/h4-6,15,18H,3,7-11H2,1-2H3. The monoisotopic (exact) mass is 265 g/mol. The molecule has 1 heterocycles. The van der Waals surface area contributed by atoms with Crippen LogP contribution in [-0.4, -0.2) is 54.8 Å². The lowest BCUT2D eigenvalue weighted by Crippen LogP contribution is -2.50. The Morgan fingerprint density at radius 3 is 2.68 bits per heavy atom. The zero-order chi connectivity index (χ0) is 13.7. The number of nitrogens with one attached hydrogen (secondary N) is 1. The summed E-state index contributed by atoms with van der Waals surface area (Å²) in [4.78, 5) is 2.31. The highest BCUT2D eigenvalue weighted by Gasteiger charge is 2.14. The van der Waals surface area contributed by atoms with Crippen molar-refractivity contribution < 1.29 is 9.84 Å². The fourth-order valence-electron chi connectivity index (χ4n) is 2.14. The van der Waals surface area contributed by atoms with Gasteiger partial charge in [0.2, 0.25) is 0 Å². The number of benzene rings is 1. The van der Waals surface area contributed by atoms with Gasteiger partial charge in [-0.1, -0.05) is 12.1 Å². The summed E-state index contributed by atoms with van der Waals surface area (Å²) in [7, 11) is 2.13. The van der Waals surface area contributed by atoms with Crippen molar-refractivity contribution in [2.75, 3.05) is 39.8 Å². The molecule has 0 aliphatic carbocycles. The van der Waals surface area contributed by atoms with Gasteiger partial charge in [-0.05, 0) is 20.0 Å². The lowest BCUT2D eigenvalue weighted by atomic mass is 10.2. The number of para-hydroxylation sites is 1. The van der Waals surface area contributed by atoms with Crippen molar-refractivity contribution in [3.8, 4) is 11.5 Å². The highest BCUT2D eigenvalue weighted by atomic mass is 16.5. The molecule has 0 radical (unpaired) electrons. The number of phenols is 1. The first kappa shape index (κ1) is 14.1. The maximum atomic E-state index is 10.1. The van der Waals surface area contributed by atoms with Gasteiger partial charge >= 0.3 is 0 Å². The van der Waals surface area contributed by atoms with Gasteiger partial charge < -0.3 is 14.7 Å². The molecule has 5 nitrogen and oxygen atoms in total. The molecule has 1 aromatic carbocycles. The number of phenolic OH excluding ortho intramolecular Hbond substituents is 1. The van der Waals surface area contributed by atoms with Crippen molar-refractivity contribution in [3.05, 3.63) is 23.8 Å². The molecule has 1 aliphatic rings. The normalized spacial score (nSPS) is 17.6. The summed E-state index contributed by atoms with van der Waals surface area (Å²) in [5, 5.41) is 12.3. The first-order chi connectivity index (χ1) is 9.20. The van der Waals surface area contributed by atoms with Gasteiger partial charge in [0.25, 0.3) is 0 Å². The molecule has 0 bridgehead atoms. The Morgan fingerprint density at radius 2 is 2.00 bits per heavy atom. The third-order valence-electron chi connectivity index (χ3n) is 3.38. The van der Waals surface area contributed by atoms with Crippen LogP contribution in [0.2, 0.25) is 0 Å². The van der Waals surface area contributed by atoms with Crippen molar-refractivity contribution in [1.82, 2.24) is 15.3 Å². The summed E-state index contributed by atoms with van der Waals surface area (Å²) in [5.41, 5.74) is 4.23. The van der Waals surface area contributed by atoms with Gasteiger partial charge in [0, 0.05) is 38.3 Å². The molecule has 0 spiro atoms. The van der Waals surface area contributed by atoms with Crippen molar-refractivity contribution in [3.63, 3.8) is 0 Å². The van der Waals surface area contributed by atoms with Crippen LogP contribution in [0.1, 0.15) is 12.5 Å². The summed E-state index contributed by atoms with van der Waals surface area (Å²) in [6.07, 6.45) is 0. The number of aromatic hydroxyl groups is 1. The molecule has 0 aromatic heterocycles. The molecule has 2 rings (SSSR count). The van der Waals surface area contributed by atoms with E-state index in [2.05, 4.69) is 22.4 Å². The molecule has 1 fully saturated rings. The van der Waals surface area contributed by atoms with E-state index < -0.39 is 0 Å². The van der Waals surface area contributed by atoms with Crippen LogP contribution in [0.5, 0.6) is 11.5 Å². The molecule has 19 heavy (non-hydrogen) atoms. The van der Waals surface area contributed by atoms with Crippen LogP contribution in [0.3, 0.4) is 0 Å². The first-order valence-electron chi connectivity index (χ1n) is 6.81. The van der Waals surface area contributed by atoms with Crippen LogP contribution in [0.4, 0.5) is 0 Å². The summed E-state index contributed by atoms with van der Waals surface area (Å²) in [5.74, 6) is 0.797. The average Bonchev–Trinajstić information content (AvgIpc) is 2.42. The highest BCUT2D eigenvalue weighted by molar-refractivity contribution is 5.45. The van der Waals surface area contributed by atoms with E-state index in [1.165, 1.54) is 0 Å². The molecule has 2 N–H and O–H groups in total. The minimum absolute atomic E-state index is 0.242. The van der Waals surface area contributed by atoms with Crippen molar-refractivity contribution in [1.29, 1.82) is 0 Å². The second-order valence-electron chi connectivity index (χ2n) is 4.82. The number of likely N-dealkylation sites (N-methyl/N-ethyl adjacent to an activating group) is 1. The molecule has 0 saturated carbocycles. The number of nitrogens with zero attached hydrogens (tertiary/aromatic N) is 2. The average molecular weight is 265 g/mol. The SMILES string of the molecule is CCOc1cccc(CNN2CCN(C)CC2)c1O. The number of hydrazine groups is 1. The number of hydrogen-bond donors (Lipinski definition) is 2. The van der Waals surface area contributed by atoms with E-state index in [9.17, 15) is 5.11 Å². The minimum atomic E-state index is 0.242. The molecular formula is C14H23N3O2. The molecule has 0 unspecified atom stereocenters. The Balaban J connectivity index is 1.90. The zero-order valence-corrected chi connectivity index (χ0v) is 11.7. The van der Waals surface area contributed by atoms with Crippen molar-refractivity contribution >= 4 is 0 Å². The van der Waals surface area contributed by atoms with Crippen LogP contribution in [0, 0.1) is 0 Å². The van der Waals surface area contributed by atoms with Gasteiger partial charge in [-0.15, -0.1) is 0 Å². The van der Waals surface area contributed by atoms with E-state index in [1.807, 2.05) is 19.1 Å². The third-order valence-corrected chi connectivity index (χ3v) is 3.38. The smallest absolute Gasteiger partial charge is 0.162 e. The predicted octanol–water partition coefficient (Wildman–Crippen LogP) is 1.04. The van der Waals surface area contributed by atoms with Gasteiger partial charge in [-0.25, -0.2) is 5.01 Å². The summed E-state index contributed by atoms with van der Waals surface area (Å²) >= 11 is 0. The van der Waals surface area contributed by atoms with Crippen LogP contribution < -0.4 is 10.2 Å². The Bertz CT molecular complexity index is 404. The molecule has 1 aromatic rings. The van der Waals surface area contributed by atoms with E-state index in [0.717, 1.165) is 31.7 Å². The molecule has 106 valence electrons. The Morgan fingerprint density at radius 1 is 1.26 bits per heavy atom. The molecule has 1 saturated heterocycles. The topological polar surface area (TPSA) is 48.0 Å². The van der Waals surface area contributed by atoms with Gasteiger partial charge in [-0.3, -0.25) is 5.43 Å². The summed E-state index contributed by atoms with van der Waals surface area (Å²) < 4.78 is 5.39. The molecule has 0 atom stereocenters. The predicted molar refractivity (Wildman–Crippen MR) is 75.2 cm³/mol.